The van der Waals surface area contributed by atoms with E-state index in [-0.39, 0.29) is 26.3 Å². The van der Waals surface area contributed by atoms with E-state index in [1.165, 1.54) is 0 Å². The lowest BCUT2D eigenvalue weighted by atomic mass is 10.1. The summed E-state index contributed by atoms with van der Waals surface area (Å²) >= 11 is 0. The molecular formula is C32H29N3O4. The van der Waals surface area contributed by atoms with Gasteiger partial charge in [-0.3, -0.25) is 0 Å². The van der Waals surface area contributed by atoms with Gasteiger partial charge in [0, 0.05) is 35.3 Å². The predicted octanol–water partition coefficient (Wildman–Crippen LogP) is 4.20. The van der Waals surface area contributed by atoms with Crippen molar-refractivity contribution in [1.29, 1.82) is 0 Å². The molecule has 2 atom stereocenters. The molecule has 0 saturated carbocycles. The Hall–Kier alpha value is -4.30. The maximum Gasteiger partial charge on any atom is 0.144 e. The van der Waals surface area contributed by atoms with Crippen LogP contribution in [0.15, 0.2) is 107 Å². The maximum absolute atomic E-state index is 10.3. The molecule has 0 aliphatic heterocycles. The molecule has 196 valence electrons. The number of nitrogens with one attached hydrogen (secondary N) is 1. The molecule has 0 radical (unpaired) electrons. The van der Waals surface area contributed by atoms with E-state index in [1.54, 1.807) is 0 Å². The smallest absolute Gasteiger partial charge is 0.144 e. The van der Waals surface area contributed by atoms with Gasteiger partial charge in [0.1, 0.15) is 36.8 Å². The minimum absolute atomic E-state index is 0.0277. The van der Waals surface area contributed by atoms with Crippen LogP contribution in [-0.4, -0.2) is 60.1 Å². The minimum atomic E-state index is -0.791. The van der Waals surface area contributed by atoms with Crippen LogP contribution in [0.2, 0.25) is 0 Å². The van der Waals surface area contributed by atoms with Crippen molar-refractivity contribution in [3.05, 3.63) is 119 Å². The summed E-state index contributed by atoms with van der Waals surface area (Å²) in [6.07, 6.45) is -1.58. The Morgan fingerprint density at radius 3 is 1.08 bits per heavy atom. The van der Waals surface area contributed by atoms with Crippen molar-refractivity contribution in [3.63, 3.8) is 0 Å². The van der Waals surface area contributed by atoms with Crippen molar-refractivity contribution in [1.82, 2.24) is 5.32 Å². The highest BCUT2D eigenvalue weighted by molar-refractivity contribution is 6.25. The quantitative estimate of drug-likeness (QED) is 0.236. The number of rotatable bonds is 10. The number of aliphatic hydroxyl groups is 2. The first kappa shape index (κ1) is 25.0. The van der Waals surface area contributed by atoms with Crippen molar-refractivity contribution >= 4 is 11.4 Å². The Labute approximate surface area is 227 Å². The van der Waals surface area contributed by atoms with Crippen molar-refractivity contribution in [2.45, 2.75) is 12.2 Å². The fourth-order valence-corrected chi connectivity index (χ4v) is 5.09. The standard InChI is InChI=1S/C32H29N3O4/c36-21(19-38-34-31-27-13-5-1-9-23(27)24-10-2-6-14-28(24)31)17-33-18-22(37)20-39-35-32-29-15-7-3-11-25(29)26-12-4-8-16-30(26)32/h1-16,21-22,33,36-37H,17-20H2. The molecule has 6 rings (SSSR count). The van der Waals surface area contributed by atoms with Crippen LogP contribution >= 0.6 is 0 Å². The Balaban J connectivity index is 0.972. The van der Waals surface area contributed by atoms with E-state index < -0.39 is 12.2 Å². The second-order valence-corrected chi connectivity index (χ2v) is 9.62. The van der Waals surface area contributed by atoms with Gasteiger partial charge in [-0.25, -0.2) is 0 Å². The van der Waals surface area contributed by atoms with E-state index in [9.17, 15) is 10.2 Å². The van der Waals surface area contributed by atoms with Crippen LogP contribution in [0.1, 0.15) is 22.3 Å². The highest BCUT2D eigenvalue weighted by Crippen LogP contribution is 2.37. The van der Waals surface area contributed by atoms with Crippen LogP contribution in [0.25, 0.3) is 22.3 Å². The normalized spacial score (nSPS) is 14.1. The molecule has 7 nitrogen and oxygen atoms in total. The van der Waals surface area contributed by atoms with Crippen molar-refractivity contribution in [2.75, 3.05) is 26.3 Å². The van der Waals surface area contributed by atoms with Gasteiger partial charge in [-0.1, -0.05) is 107 Å². The first-order valence-electron chi connectivity index (χ1n) is 13.1. The molecule has 0 saturated heterocycles. The fourth-order valence-electron chi connectivity index (χ4n) is 5.09. The Kier molecular flexibility index (Phi) is 7.19. The van der Waals surface area contributed by atoms with E-state index in [0.29, 0.717) is 0 Å². The number of oxime groups is 2. The zero-order valence-corrected chi connectivity index (χ0v) is 21.3. The van der Waals surface area contributed by atoms with E-state index in [0.717, 1.165) is 55.9 Å². The SMILES string of the molecule is OC(CNCC(O)CON=C1c2ccccc2-c2ccccc21)CON=C1c2ccccc2-c2ccccc21. The van der Waals surface area contributed by atoms with Gasteiger partial charge in [0.2, 0.25) is 0 Å². The molecule has 0 amide bonds. The summed E-state index contributed by atoms with van der Waals surface area (Å²) in [5.74, 6) is 0. The summed E-state index contributed by atoms with van der Waals surface area (Å²) in [6.45, 7) is 0.536. The fraction of sp³-hybridized carbons (Fsp3) is 0.188. The first-order chi connectivity index (χ1) is 19.2. The molecule has 7 heteroatoms. The summed E-state index contributed by atoms with van der Waals surface area (Å²) < 4.78 is 0. The van der Waals surface area contributed by atoms with Crippen LogP contribution < -0.4 is 5.32 Å². The third-order valence-electron chi connectivity index (χ3n) is 6.91. The Morgan fingerprint density at radius 1 is 0.487 bits per heavy atom. The topological polar surface area (TPSA) is 95.7 Å². The molecule has 0 bridgehead atoms. The number of aliphatic hydroxyl groups excluding tert-OH is 2. The van der Waals surface area contributed by atoms with E-state index >= 15 is 0 Å². The zero-order chi connectivity index (χ0) is 26.6. The van der Waals surface area contributed by atoms with Gasteiger partial charge in [0.25, 0.3) is 0 Å². The third kappa shape index (κ3) is 5.07. The second-order valence-electron chi connectivity index (χ2n) is 9.62. The average molecular weight is 520 g/mol. The van der Waals surface area contributed by atoms with Gasteiger partial charge >= 0.3 is 0 Å². The molecule has 0 aromatic heterocycles. The van der Waals surface area contributed by atoms with Crippen LogP contribution in [0.3, 0.4) is 0 Å². The van der Waals surface area contributed by atoms with Crippen LogP contribution in [-0.2, 0) is 9.68 Å². The summed E-state index contributed by atoms with van der Waals surface area (Å²) in [5.41, 5.74) is 10.1. The number of nitrogens with zero attached hydrogens (tertiary/aromatic N) is 2. The Bertz CT molecular complexity index is 1340. The van der Waals surface area contributed by atoms with Crippen LogP contribution in [0, 0.1) is 0 Å². The Morgan fingerprint density at radius 2 is 0.769 bits per heavy atom. The predicted molar refractivity (Wildman–Crippen MR) is 152 cm³/mol. The number of benzene rings is 4. The number of fused-ring (bicyclic) bond motifs is 6. The summed E-state index contributed by atoms with van der Waals surface area (Å²) in [5, 5.41) is 32.4. The molecule has 39 heavy (non-hydrogen) atoms. The first-order valence-corrected chi connectivity index (χ1v) is 13.1. The molecule has 3 N–H and O–H groups in total. The van der Waals surface area contributed by atoms with Crippen molar-refractivity contribution in [3.8, 4) is 22.3 Å². The molecule has 4 aromatic carbocycles. The van der Waals surface area contributed by atoms with Gasteiger partial charge in [0.05, 0.1) is 0 Å². The van der Waals surface area contributed by atoms with Gasteiger partial charge in [-0.15, -0.1) is 0 Å². The lowest BCUT2D eigenvalue weighted by molar-refractivity contribution is 0.0269. The molecule has 0 heterocycles. The molecule has 2 aliphatic carbocycles. The van der Waals surface area contributed by atoms with Gasteiger partial charge in [-0.05, 0) is 22.3 Å². The van der Waals surface area contributed by atoms with Crippen molar-refractivity contribution < 1.29 is 19.9 Å². The molecule has 2 aliphatic rings. The summed E-state index contributed by atoms with van der Waals surface area (Å²) in [4.78, 5) is 11.0. The van der Waals surface area contributed by atoms with Gasteiger partial charge in [0.15, 0.2) is 0 Å². The number of hydrogen-bond donors (Lipinski definition) is 3. The second kappa shape index (κ2) is 11.2. The van der Waals surface area contributed by atoms with Crippen LogP contribution in [0.4, 0.5) is 0 Å². The van der Waals surface area contributed by atoms with E-state index in [2.05, 4.69) is 39.9 Å². The zero-order valence-electron chi connectivity index (χ0n) is 21.3. The van der Waals surface area contributed by atoms with E-state index in [4.69, 9.17) is 9.68 Å². The lowest BCUT2D eigenvalue weighted by Crippen LogP contribution is -2.36. The number of hydrogen-bond acceptors (Lipinski definition) is 7. The van der Waals surface area contributed by atoms with Gasteiger partial charge < -0.3 is 25.2 Å². The molecular weight excluding hydrogens is 490 g/mol. The lowest BCUT2D eigenvalue weighted by Gasteiger charge is -2.14. The molecule has 0 fully saturated rings. The molecule has 0 spiro atoms. The minimum Gasteiger partial charge on any atom is -0.392 e. The largest absolute Gasteiger partial charge is 0.392 e. The van der Waals surface area contributed by atoms with Crippen LogP contribution in [0.5, 0.6) is 0 Å². The molecule has 4 aromatic rings. The highest BCUT2D eigenvalue weighted by atomic mass is 16.6. The monoisotopic (exact) mass is 519 g/mol. The summed E-state index contributed by atoms with van der Waals surface area (Å²) in [6, 6.07) is 32.3. The van der Waals surface area contributed by atoms with Crippen molar-refractivity contribution in [2.24, 2.45) is 10.3 Å². The average Bonchev–Trinajstić information content (AvgIpc) is 3.46. The maximum atomic E-state index is 10.3. The van der Waals surface area contributed by atoms with Gasteiger partial charge in [-0.2, -0.15) is 0 Å². The van der Waals surface area contributed by atoms with E-state index in [1.807, 2.05) is 72.8 Å². The third-order valence-corrected chi connectivity index (χ3v) is 6.91. The highest BCUT2D eigenvalue weighted by Gasteiger charge is 2.26. The summed E-state index contributed by atoms with van der Waals surface area (Å²) in [7, 11) is 0. The molecule has 2 unspecified atom stereocenters.